The molecule has 30 heavy (non-hydrogen) atoms. The molecule has 1 aromatic carbocycles. The van der Waals surface area contributed by atoms with E-state index in [0.717, 1.165) is 24.8 Å². The van der Waals surface area contributed by atoms with Crippen LogP contribution in [0, 0.1) is 5.82 Å². The number of nitrogens with zero attached hydrogens (tertiary/aromatic N) is 2. The Bertz CT molecular complexity index is 1040. The van der Waals surface area contributed by atoms with Gasteiger partial charge in [0.15, 0.2) is 0 Å². The van der Waals surface area contributed by atoms with Crippen LogP contribution in [0.2, 0.25) is 0 Å². The van der Waals surface area contributed by atoms with Gasteiger partial charge in [0.1, 0.15) is 17.0 Å². The van der Waals surface area contributed by atoms with Crippen molar-refractivity contribution in [2.45, 2.75) is 52.0 Å². The number of aromatic nitrogens is 2. The topological polar surface area (TPSA) is 64.0 Å². The molecule has 0 fully saturated rings. The summed E-state index contributed by atoms with van der Waals surface area (Å²) in [7, 11) is 0. The average Bonchev–Trinajstić information content (AvgIpc) is 2.76. The minimum atomic E-state index is -0.397. The fourth-order valence-electron chi connectivity index (χ4n) is 3.49. The van der Waals surface area contributed by atoms with Gasteiger partial charge in [-0.25, -0.2) is 9.37 Å². The van der Waals surface area contributed by atoms with Crippen molar-refractivity contribution in [2.24, 2.45) is 0 Å². The van der Waals surface area contributed by atoms with Gasteiger partial charge in [-0.2, -0.15) is 0 Å². The number of hydrogen-bond acceptors (Lipinski definition) is 3. The van der Waals surface area contributed by atoms with E-state index in [1.807, 2.05) is 6.07 Å². The molecule has 0 bridgehead atoms. The van der Waals surface area contributed by atoms with Crippen LogP contribution in [0.15, 0.2) is 53.5 Å². The summed E-state index contributed by atoms with van der Waals surface area (Å²) < 4.78 is 14.7. The Kier molecular flexibility index (Phi) is 7.71. The molecule has 0 saturated heterocycles. The smallest absolute Gasteiger partial charge is 0.265 e. The van der Waals surface area contributed by atoms with E-state index in [-0.39, 0.29) is 23.8 Å². The fourth-order valence-corrected chi connectivity index (χ4v) is 3.49. The number of amides is 1. The molecule has 0 radical (unpaired) electrons. The third-order valence-corrected chi connectivity index (χ3v) is 5.16. The summed E-state index contributed by atoms with van der Waals surface area (Å²) >= 11 is 0. The standard InChI is InChI=1S/C24H28FN3O2/c1-2-3-4-5-6-7-14-27-23(29)21-16-19-9-8-15-26-22(19)28(24(21)30)17-18-10-12-20(25)13-11-18/h8-13,15-16H,2-7,14,17H2,1H3,(H,27,29). The number of unbranched alkanes of at least 4 members (excludes halogenated alkanes) is 5. The molecule has 2 heterocycles. The summed E-state index contributed by atoms with van der Waals surface area (Å²) in [6.45, 7) is 2.95. The second kappa shape index (κ2) is 10.7. The SMILES string of the molecule is CCCCCCCCNC(=O)c1cc2cccnc2n(Cc2ccc(F)cc2)c1=O. The van der Waals surface area contributed by atoms with E-state index in [4.69, 9.17) is 0 Å². The average molecular weight is 410 g/mol. The Labute approximate surface area is 176 Å². The van der Waals surface area contributed by atoms with Gasteiger partial charge in [-0.3, -0.25) is 14.2 Å². The Balaban J connectivity index is 1.78. The summed E-state index contributed by atoms with van der Waals surface area (Å²) in [6, 6.07) is 11.2. The van der Waals surface area contributed by atoms with Crippen LogP contribution in [0.25, 0.3) is 11.0 Å². The molecular formula is C24H28FN3O2. The van der Waals surface area contributed by atoms with Crippen LogP contribution in [-0.2, 0) is 6.54 Å². The molecule has 3 rings (SSSR count). The number of nitrogens with one attached hydrogen (secondary N) is 1. The predicted octanol–water partition coefficient (Wildman–Crippen LogP) is 4.67. The van der Waals surface area contributed by atoms with Crippen LogP contribution in [0.1, 0.15) is 61.4 Å². The first-order valence-electron chi connectivity index (χ1n) is 10.6. The Morgan fingerprint density at radius 2 is 1.80 bits per heavy atom. The Hall–Kier alpha value is -3.02. The maximum atomic E-state index is 13.2. The number of rotatable bonds is 10. The molecular weight excluding hydrogens is 381 g/mol. The van der Waals surface area contributed by atoms with Crippen LogP contribution < -0.4 is 10.9 Å². The lowest BCUT2D eigenvalue weighted by Gasteiger charge is -2.12. The summed E-state index contributed by atoms with van der Waals surface area (Å²) in [5.74, 6) is -0.705. The lowest BCUT2D eigenvalue weighted by molar-refractivity contribution is 0.0951. The first-order chi connectivity index (χ1) is 14.6. The van der Waals surface area contributed by atoms with Crippen molar-refractivity contribution < 1.29 is 9.18 Å². The predicted molar refractivity (Wildman–Crippen MR) is 117 cm³/mol. The van der Waals surface area contributed by atoms with Gasteiger partial charge in [0.25, 0.3) is 11.5 Å². The number of carbonyl (C=O) groups excluding carboxylic acids is 1. The largest absolute Gasteiger partial charge is 0.352 e. The van der Waals surface area contributed by atoms with E-state index < -0.39 is 5.56 Å². The van der Waals surface area contributed by atoms with Gasteiger partial charge >= 0.3 is 0 Å². The molecule has 0 saturated carbocycles. The van der Waals surface area contributed by atoms with Crippen molar-refractivity contribution in [1.29, 1.82) is 0 Å². The molecule has 6 heteroatoms. The van der Waals surface area contributed by atoms with Crippen molar-refractivity contribution >= 4 is 16.9 Å². The summed E-state index contributed by atoms with van der Waals surface area (Å²) in [5.41, 5.74) is 0.962. The first kappa shape index (κ1) is 21.7. The van der Waals surface area contributed by atoms with E-state index in [1.165, 1.54) is 36.0 Å². The van der Waals surface area contributed by atoms with Gasteiger partial charge in [-0.15, -0.1) is 0 Å². The van der Waals surface area contributed by atoms with Gasteiger partial charge in [-0.05, 0) is 42.3 Å². The summed E-state index contributed by atoms with van der Waals surface area (Å²) in [4.78, 5) is 30.1. The van der Waals surface area contributed by atoms with Crippen LogP contribution in [0.5, 0.6) is 0 Å². The molecule has 2 aromatic heterocycles. The lowest BCUT2D eigenvalue weighted by atomic mass is 10.1. The molecule has 0 spiro atoms. The molecule has 158 valence electrons. The number of pyridine rings is 2. The fraction of sp³-hybridized carbons (Fsp3) is 0.375. The maximum absolute atomic E-state index is 13.2. The van der Waals surface area contributed by atoms with E-state index in [0.29, 0.717) is 17.6 Å². The summed E-state index contributed by atoms with van der Waals surface area (Å²) in [6.07, 6.45) is 8.40. The van der Waals surface area contributed by atoms with Gasteiger partial charge in [0.05, 0.1) is 6.54 Å². The normalized spacial score (nSPS) is 11.0. The molecule has 5 nitrogen and oxygen atoms in total. The highest BCUT2D eigenvalue weighted by atomic mass is 19.1. The van der Waals surface area contributed by atoms with Crippen molar-refractivity contribution in [2.75, 3.05) is 6.54 Å². The molecule has 0 unspecified atom stereocenters. The van der Waals surface area contributed by atoms with Crippen molar-refractivity contribution in [3.05, 3.63) is 76.0 Å². The summed E-state index contributed by atoms with van der Waals surface area (Å²) in [5, 5.41) is 3.58. The van der Waals surface area contributed by atoms with Crippen LogP contribution in [0.3, 0.4) is 0 Å². The highest BCUT2D eigenvalue weighted by molar-refractivity contribution is 5.96. The third kappa shape index (κ3) is 5.53. The van der Waals surface area contributed by atoms with Crippen LogP contribution in [-0.4, -0.2) is 22.0 Å². The Morgan fingerprint density at radius 1 is 1.07 bits per heavy atom. The number of hydrogen-bond donors (Lipinski definition) is 1. The lowest BCUT2D eigenvalue weighted by Crippen LogP contribution is -2.34. The van der Waals surface area contributed by atoms with E-state index >= 15 is 0 Å². The quantitative estimate of drug-likeness (QED) is 0.495. The zero-order valence-corrected chi connectivity index (χ0v) is 17.4. The third-order valence-electron chi connectivity index (χ3n) is 5.16. The minimum absolute atomic E-state index is 0.101. The number of carbonyl (C=O) groups is 1. The number of halogens is 1. The second-order valence-electron chi connectivity index (χ2n) is 7.52. The van der Waals surface area contributed by atoms with Crippen LogP contribution in [0.4, 0.5) is 4.39 Å². The second-order valence-corrected chi connectivity index (χ2v) is 7.52. The molecule has 0 aliphatic rings. The van der Waals surface area contributed by atoms with E-state index in [2.05, 4.69) is 17.2 Å². The number of benzene rings is 1. The molecule has 0 atom stereocenters. The van der Waals surface area contributed by atoms with Gasteiger partial charge in [0.2, 0.25) is 0 Å². The first-order valence-corrected chi connectivity index (χ1v) is 10.6. The monoisotopic (exact) mass is 409 g/mol. The molecule has 0 aliphatic heterocycles. The molecule has 1 N–H and O–H groups in total. The highest BCUT2D eigenvalue weighted by Gasteiger charge is 2.16. The zero-order chi connectivity index (χ0) is 21.3. The van der Waals surface area contributed by atoms with E-state index in [1.54, 1.807) is 30.5 Å². The van der Waals surface area contributed by atoms with Crippen molar-refractivity contribution in [3.8, 4) is 0 Å². The minimum Gasteiger partial charge on any atom is -0.352 e. The molecule has 1 amide bonds. The maximum Gasteiger partial charge on any atom is 0.265 e. The highest BCUT2D eigenvalue weighted by Crippen LogP contribution is 2.13. The van der Waals surface area contributed by atoms with Crippen LogP contribution >= 0.6 is 0 Å². The van der Waals surface area contributed by atoms with Gasteiger partial charge in [-0.1, -0.05) is 51.2 Å². The molecule has 0 aliphatic carbocycles. The molecule has 3 aromatic rings. The number of fused-ring (bicyclic) bond motifs is 1. The zero-order valence-electron chi connectivity index (χ0n) is 17.4. The van der Waals surface area contributed by atoms with Crippen molar-refractivity contribution in [1.82, 2.24) is 14.9 Å². The van der Waals surface area contributed by atoms with Crippen molar-refractivity contribution in [3.63, 3.8) is 0 Å². The van der Waals surface area contributed by atoms with Gasteiger partial charge < -0.3 is 5.32 Å². The van der Waals surface area contributed by atoms with Gasteiger partial charge in [0, 0.05) is 18.1 Å². The Morgan fingerprint density at radius 3 is 2.57 bits per heavy atom. The van der Waals surface area contributed by atoms with E-state index in [9.17, 15) is 14.0 Å².